The summed E-state index contributed by atoms with van der Waals surface area (Å²) in [5.41, 5.74) is 0.851. The fourth-order valence-electron chi connectivity index (χ4n) is 0.894. The van der Waals surface area contributed by atoms with Gasteiger partial charge in [0.05, 0.1) is 12.3 Å². The number of aromatic nitrogens is 1. The van der Waals surface area contributed by atoms with Gasteiger partial charge in [-0.1, -0.05) is 0 Å². The van der Waals surface area contributed by atoms with E-state index < -0.39 is 0 Å². The lowest BCUT2D eigenvalue weighted by Gasteiger charge is -2.10. The molecule has 0 aliphatic carbocycles. The van der Waals surface area contributed by atoms with Gasteiger partial charge in [0.25, 0.3) is 0 Å². The van der Waals surface area contributed by atoms with E-state index in [-0.39, 0.29) is 11.9 Å². The molecule has 0 aliphatic heterocycles. The van der Waals surface area contributed by atoms with Gasteiger partial charge >= 0.3 is 0 Å². The summed E-state index contributed by atoms with van der Waals surface area (Å²) in [4.78, 5) is 3.95. The van der Waals surface area contributed by atoms with Crippen LogP contribution in [0.2, 0.25) is 0 Å². The molecule has 66 valence electrons. The molecule has 1 aromatic heterocycles. The molecule has 3 heteroatoms. The first-order valence-electron chi connectivity index (χ1n) is 3.92. The smallest absolute Gasteiger partial charge is 0.216 e. The van der Waals surface area contributed by atoms with Crippen molar-refractivity contribution in [3.8, 4) is 11.6 Å². The van der Waals surface area contributed by atoms with Crippen LogP contribution in [0.3, 0.4) is 0 Å². The van der Waals surface area contributed by atoms with E-state index >= 15 is 0 Å². The Balaban J connectivity index is 2.86. The zero-order valence-corrected chi connectivity index (χ0v) is 7.53. The normalized spacial score (nSPS) is 10.3. The van der Waals surface area contributed by atoms with Crippen LogP contribution in [0.25, 0.3) is 0 Å². The van der Waals surface area contributed by atoms with E-state index in [1.807, 2.05) is 20.8 Å². The molecule has 1 rings (SSSR count). The van der Waals surface area contributed by atoms with Gasteiger partial charge in [-0.05, 0) is 26.8 Å². The molecule has 12 heavy (non-hydrogen) atoms. The highest BCUT2D eigenvalue weighted by Gasteiger charge is 2.03. The maximum absolute atomic E-state index is 9.05. The fourth-order valence-corrected chi connectivity index (χ4v) is 0.894. The lowest BCUT2D eigenvalue weighted by molar-refractivity contribution is 0.230. The third-order valence-corrected chi connectivity index (χ3v) is 1.36. The molecule has 0 bridgehead atoms. The van der Waals surface area contributed by atoms with Crippen molar-refractivity contribution in [1.29, 1.82) is 0 Å². The van der Waals surface area contributed by atoms with Crippen LogP contribution < -0.4 is 4.74 Å². The average molecular weight is 167 g/mol. The predicted octanol–water partition coefficient (Wildman–Crippen LogP) is 1.88. The molecule has 3 nitrogen and oxygen atoms in total. The molecular formula is C9H13NO2. The fraction of sp³-hybridized carbons (Fsp3) is 0.444. The summed E-state index contributed by atoms with van der Waals surface area (Å²) in [6.07, 6.45) is 1.49. The number of aryl methyl sites for hydroxylation is 1. The van der Waals surface area contributed by atoms with Crippen LogP contribution in [0.4, 0.5) is 0 Å². The highest BCUT2D eigenvalue weighted by molar-refractivity contribution is 5.31. The first kappa shape index (κ1) is 8.84. The van der Waals surface area contributed by atoms with E-state index in [4.69, 9.17) is 9.84 Å². The SMILES string of the molecule is Cc1cc(O)cnc1OC(C)C. The van der Waals surface area contributed by atoms with Crippen LogP contribution in [-0.4, -0.2) is 16.2 Å². The topological polar surface area (TPSA) is 42.4 Å². The van der Waals surface area contributed by atoms with E-state index in [1.54, 1.807) is 6.07 Å². The van der Waals surface area contributed by atoms with Gasteiger partial charge < -0.3 is 9.84 Å². The summed E-state index contributed by atoms with van der Waals surface area (Å²) in [5.74, 6) is 0.756. The summed E-state index contributed by atoms with van der Waals surface area (Å²) >= 11 is 0. The molecule has 0 fully saturated rings. The zero-order chi connectivity index (χ0) is 9.14. The van der Waals surface area contributed by atoms with Gasteiger partial charge in [0.1, 0.15) is 5.75 Å². The molecule has 0 spiro atoms. The van der Waals surface area contributed by atoms with Crippen molar-refractivity contribution in [2.75, 3.05) is 0 Å². The van der Waals surface area contributed by atoms with Crippen LogP contribution in [0.5, 0.6) is 11.6 Å². The molecule has 0 atom stereocenters. The minimum atomic E-state index is 0.112. The van der Waals surface area contributed by atoms with E-state index in [0.29, 0.717) is 5.88 Å². The molecule has 0 saturated heterocycles. The lowest BCUT2D eigenvalue weighted by atomic mass is 10.3. The van der Waals surface area contributed by atoms with Crippen molar-refractivity contribution in [3.05, 3.63) is 17.8 Å². The van der Waals surface area contributed by atoms with Crippen LogP contribution >= 0.6 is 0 Å². The molecule has 0 radical (unpaired) electrons. The van der Waals surface area contributed by atoms with Gasteiger partial charge in [-0.3, -0.25) is 0 Å². The van der Waals surface area contributed by atoms with Gasteiger partial charge in [0.2, 0.25) is 5.88 Å². The Kier molecular flexibility index (Phi) is 2.53. The molecule has 0 amide bonds. The molecule has 0 unspecified atom stereocenters. The maximum Gasteiger partial charge on any atom is 0.216 e. The maximum atomic E-state index is 9.05. The van der Waals surface area contributed by atoms with Crippen LogP contribution in [0, 0.1) is 6.92 Å². The van der Waals surface area contributed by atoms with Gasteiger partial charge in [0, 0.05) is 5.56 Å². The summed E-state index contributed by atoms with van der Waals surface area (Å²) in [6, 6.07) is 1.63. The average Bonchev–Trinajstić information content (AvgIpc) is 1.94. The number of rotatable bonds is 2. The van der Waals surface area contributed by atoms with E-state index in [0.717, 1.165) is 5.56 Å². The molecule has 0 aliphatic rings. The minimum absolute atomic E-state index is 0.112. The van der Waals surface area contributed by atoms with Crippen LogP contribution in [-0.2, 0) is 0 Å². The van der Waals surface area contributed by atoms with Crippen molar-refractivity contribution in [1.82, 2.24) is 4.98 Å². The quantitative estimate of drug-likeness (QED) is 0.731. The highest BCUT2D eigenvalue weighted by Crippen LogP contribution is 2.19. The number of ether oxygens (including phenoxy) is 1. The number of hydrogen-bond acceptors (Lipinski definition) is 3. The second-order valence-corrected chi connectivity index (χ2v) is 2.98. The van der Waals surface area contributed by atoms with Gasteiger partial charge in [-0.15, -0.1) is 0 Å². The van der Waals surface area contributed by atoms with Crippen molar-refractivity contribution < 1.29 is 9.84 Å². The van der Waals surface area contributed by atoms with Crippen molar-refractivity contribution in [3.63, 3.8) is 0 Å². The number of pyridine rings is 1. The van der Waals surface area contributed by atoms with Gasteiger partial charge in [-0.25, -0.2) is 4.98 Å². The molecule has 1 N–H and O–H groups in total. The third-order valence-electron chi connectivity index (χ3n) is 1.36. The second-order valence-electron chi connectivity index (χ2n) is 2.98. The Labute approximate surface area is 72.0 Å². The predicted molar refractivity (Wildman–Crippen MR) is 46.4 cm³/mol. The van der Waals surface area contributed by atoms with Crippen molar-refractivity contribution >= 4 is 0 Å². The van der Waals surface area contributed by atoms with E-state index in [9.17, 15) is 0 Å². The Bertz CT molecular complexity index is 271. The Hall–Kier alpha value is -1.25. The first-order valence-corrected chi connectivity index (χ1v) is 3.92. The highest BCUT2D eigenvalue weighted by atomic mass is 16.5. The number of hydrogen-bond donors (Lipinski definition) is 1. The summed E-state index contributed by atoms with van der Waals surface area (Å²) in [5, 5.41) is 9.05. The van der Waals surface area contributed by atoms with E-state index in [1.165, 1.54) is 6.20 Å². The standard InChI is InChI=1S/C9H13NO2/c1-6(2)12-9-7(3)4-8(11)5-10-9/h4-6,11H,1-3H3. The Morgan fingerprint density at radius 2 is 2.17 bits per heavy atom. The summed E-state index contributed by atoms with van der Waals surface area (Å²) in [6.45, 7) is 5.73. The molecular weight excluding hydrogens is 154 g/mol. The third kappa shape index (κ3) is 2.12. The van der Waals surface area contributed by atoms with E-state index in [2.05, 4.69) is 4.98 Å². The van der Waals surface area contributed by atoms with Crippen LogP contribution in [0.15, 0.2) is 12.3 Å². The Morgan fingerprint density at radius 3 is 2.67 bits per heavy atom. The molecule has 0 saturated carbocycles. The van der Waals surface area contributed by atoms with Gasteiger partial charge in [-0.2, -0.15) is 0 Å². The first-order chi connectivity index (χ1) is 5.59. The lowest BCUT2D eigenvalue weighted by Crippen LogP contribution is -2.07. The Morgan fingerprint density at radius 1 is 1.50 bits per heavy atom. The summed E-state index contributed by atoms with van der Waals surface area (Å²) < 4.78 is 5.38. The van der Waals surface area contributed by atoms with Crippen molar-refractivity contribution in [2.45, 2.75) is 26.9 Å². The summed E-state index contributed by atoms with van der Waals surface area (Å²) in [7, 11) is 0. The van der Waals surface area contributed by atoms with Crippen LogP contribution in [0.1, 0.15) is 19.4 Å². The number of nitrogens with zero attached hydrogens (tertiary/aromatic N) is 1. The number of aromatic hydroxyl groups is 1. The van der Waals surface area contributed by atoms with Crippen molar-refractivity contribution in [2.24, 2.45) is 0 Å². The molecule has 0 aromatic carbocycles. The van der Waals surface area contributed by atoms with Gasteiger partial charge in [0.15, 0.2) is 0 Å². The second kappa shape index (κ2) is 3.43. The molecule has 1 aromatic rings. The molecule has 1 heterocycles. The minimum Gasteiger partial charge on any atom is -0.506 e. The zero-order valence-electron chi connectivity index (χ0n) is 7.53. The largest absolute Gasteiger partial charge is 0.506 e. The monoisotopic (exact) mass is 167 g/mol.